The van der Waals surface area contributed by atoms with E-state index >= 15 is 0 Å². The van der Waals surface area contributed by atoms with E-state index in [1.54, 1.807) is 35.5 Å². The summed E-state index contributed by atoms with van der Waals surface area (Å²) in [5, 5.41) is 10.5. The van der Waals surface area contributed by atoms with Gasteiger partial charge in [0.05, 0.1) is 35.3 Å². The summed E-state index contributed by atoms with van der Waals surface area (Å²) in [4.78, 5) is 49.2. The minimum absolute atomic E-state index is 0.0736. The molecule has 0 bridgehead atoms. The molecule has 3 heterocycles. The van der Waals surface area contributed by atoms with Gasteiger partial charge >= 0.3 is 0 Å². The van der Waals surface area contributed by atoms with E-state index in [-0.39, 0.29) is 42.9 Å². The molecule has 1 N–H and O–H groups in total. The fraction of sp³-hybridized carbons (Fsp3) is 0.419. The summed E-state index contributed by atoms with van der Waals surface area (Å²) in [6, 6.07) is 12.0. The van der Waals surface area contributed by atoms with Crippen LogP contribution in [0.15, 0.2) is 48.0 Å². The predicted octanol–water partition coefficient (Wildman–Crippen LogP) is 4.27. The van der Waals surface area contributed by atoms with Crippen LogP contribution in [0.5, 0.6) is 5.75 Å². The number of ether oxygens (including phenoxy) is 1. The average Bonchev–Trinajstić information content (AvgIpc) is 3.64. The number of amides is 2. The summed E-state index contributed by atoms with van der Waals surface area (Å²) >= 11 is 1.60. The molecule has 1 aromatic heterocycles. The first-order chi connectivity index (χ1) is 19.2. The molecule has 210 valence electrons. The second-order valence-electron chi connectivity index (χ2n) is 11.0. The van der Waals surface area contributed by atoms with Crippen molar-refractivity contribution in [3.8, 4) is 16.2 Å². The fourth-order valence-electron chi connectivity index (χ4n) is 5.82. The van der Waals surface area contributed by atoms with E-state index in [9.17, 15) is 19.5 Å². The molecule has 0 radical (unpaired) electrons. The van der Waals surface area contributed by atoms with Gasteiger partial charge in [-0.05, 0) is 54.2 Å². The molecule has 2 aliphatic heterocycles. The fourth-order valence-corrected chi connectivity index (χ4v) is 6.63. The molecule has 0 spiro atoms. The van der Waals surface area contributed by atoms with Gasteiger partial charge < -0.3 is 19.6 Å². The molecule has 9 heteroatoms. The quantitative estimate of drug-likeness (QED) is 0.419. The number of Topliss-reactive ketones (excluding diaryl/α,β-unsaturated/α-hetero) is 1. The number of carbonyl (C=O) groups excluding carboxylic acids is 3. The Labute approximate surface area is 238 Å². The molecule has 3 atom stereocenters. The van der Waals surface area contributed by atoms with E-state index in [0.29, 0.717) is 24.3 Å². The normalized spacial score (nSPS) is 19.3. The Morgan fingerprint density at radius 1 is 1.18 bits per heavy atom. The SMILES string of the molecule is COc1ccc2c(c1)CN(C(C(=O)N1C[C@H](O)C[C@H]1C(=O)CCc1ccc(-c3scnc3C)cc1)C(C)C)C2=O. The Hall–Kier alpha value is -3.56. The van der Waals surface area contributed by atoms with Crippen LogP contribution in [-0.2, 0) is 22.6 Å². The highest BCUT2D eigenvalue weighted by Crippen LogP contribution is 2.32. The maximum atomic E-state index is 13.9. The second-order valence-corrected chi connectivity index (χ2v) is 11.8. The summed E-state index contributed by atoms with van der Waals surface area (Å²) in [7, 11) is 1.57. The standard InChI is InChI=1S/C31H35N3O5S/c1-18(2)28(34-15-22-13-24(39-4)10-11-25(22)30(34)37)31(38)33-16-23(35)14-26(33)27(36)12-7-20-5-8-21(9-6-20)29-19(3)32-17-40-29/h5-6,8-11,13,17-18,23,26,28,35H,7,12,14-16H2,1-4H3/t23-,26+,28?/m1/s1. The number of benzene rings is 2. The third kappa shape index (κ3) is 5.40. The van der Waals surface area contributed by atoms with Gasteiger partial charge in [0.15, 0.2) is 5.78 Å². The van der Waals surface area contributed by atoms with E-state index < -0.39 is 18.2 Å². The van der Waals surface area contributed by atoms with Crippen LogP contribution < -0.4 is 4.74 Å². The Kier molecular flexibility index (Phi) is 8.05. The van der Waals surface area contributed by atoms with Crippen molar-refractivity contribution in [2.45, 2.75) is 64.8 Å². The molecule has 1 fully saturated rings. The van der Waals surface area contributed by atoms with E-state index in [1.807, 2.05) is 56.6 Å². The number of hydrogen-bond acceptors (Lipinski definition) is 7. The molecular formula is C31H35N3O5S. The largest absolute Gasteiger partial charge is 0.497 e. The Balaban J connectivity index is 1.28. The molecule has 8 nitrogen and oxygen atoms in total. The number of aliphatic hydroxyl groups is 1. The Morgan fingerprint density at radius 2 is 1.93 bits per heavy atom. The van der Waals surface area contributed by atoms with Crippen LogP contribution in [0, 0.1) is 12.8 Å². The van der Waals surface area contributed by atoms with Gasteiger partial charge in [-0.1, -0.05) is 38.1 Å². The molecular weight excluding hydrogens is 526 g/mol. The van der Waals surface area contributed by atoms with Crippen LogP contribution in [0.25, 0.3) is 10.4 Å². The van der Waals surface area contributed by atoms with Gasteiger partial charge in [-0.2, -0.15) is 0 Å². The van der Waals surface area contributed by atoms with Crippen molar-refractivity contribution in [3.05, 3.63) is 70.4 Å². The van der Waals surface area contributed by atoms with E-state index in [4.69, 9.17) is 4.74 Å². The average molecular weight is 562 g/mol. The van der Waals surface area contributed by atoms with Crippen molar-refractivity contribution < 1.29 is 24.2 Å². The van der Waals surface area contributed by atoms with Crippen molar-refractivity contribution in [2.24, 2.45) is 5.92 Å². The molecule has 0 saturated carbocycles. The van der Waals surface area contributed by atoms with Crippen molar-refractivity contribution in [1.29, 1.82) is 0 Å². The van der Waals surface area contributed by atoms with Gasteiger partial charge in [0.2, 0.25) is 5.91 Å². The maximum absolute atomic E-state index is 13.9. The number of hydrogen-bond donors (Lipinski definition) is 1. The first-order valence-electron chi connectivity index (χ1n) is 13.7. The number of ketones is 1. The molecule has 40 heavy (non-hydrogen) atoms. The molecule has 5 rings (SSSR count). The summed E-state index contributed by atoms with van der Waals surface area (Å²) in [5.74, 6) is -0.0913. The summed E-state index contributed by atoms with van der Waals surface area (Å²) in [6.45, 7) is 6.18. The topological polar surface area (TPSA) is 100 Å². The second kappa shape index (κ2) is 11.5. The number of thiazole rings is 1. The molecule has 3 aromatic rings. The molecule has 1 saturated heterocycles. The number of aromatic nitrogens is 1. The van der Waals surface area contributed by atoms with Crippen molar-refractivity contribution in [1.82, 2.24) is 14.8 Å². The third-order valence-electron chi connectivity index (χ3n) is 7.92. The van der Waals surface area contributed by atoms with Crippen LogP contribution in [0.3, 0.4) is 0 Å². The lowest BCUT2D eigenvalue weighted by atomic mass is 9.98. The number of methoxy groups -OCH3 is 1. The van der Waals surface area contributed by atoms with E-state index in [1.165, 1.54) is 4.90 Å². The van der Waals surface area contributed by atoms with Gasteiger partial charge in [-0.15, -0.1) is 11.3 Å². The summed E-state index contributed by atoms with van der Waals surface area (Å²) in [5.41, 5.74) is 6.34. The number of nitrogens with zero attached hydrogens (tertiary/aromatic N) is 3. The lowest BCUT2D eigenvalue weighted by Crippen LogP contribution is -2.54. The summed E-state index contributed by atoms with van der Waals surface area (Å²) in [6.07, 6.45) is 0.249. The highest BCUT2D eigenvalue weighted by atomic mass is 32.1. The van der Waals surface area contributed by atoms with E-state index in [0.717, 1.165) is 27.3 Å². The van der Waals surface area contributed by atoms with Gasteiger partial charge in [0, 0.05) is 31.5 Å². The number of fused-ring (bicyclic) bond motifs is 1. The van der Waals surface area contributed by atoms with Crippen molar-refractivity contribution in [3.63, 3.8) is 0 Å². The highest BCUT2D eigenvalue weighted by molar-refractivity contribution is 7.13. The number of aliphatic hydroxyl groups excluding tert-OH is 1. The van der Waals surface area contributed by atoms with E-state index in [2.05, 4.69) is 4.98 Å². The number of likely N-dealkylation sites (tertiary alicyclic amines) is 1. The monoisotopic (exact) mass is 561 g/mol. The number of carbonyl (C=O) groups is 3. The zero-order valence-corrected chi connectivity index (χ0v) is 24.1. The summed E-state index contributed by atoms with van der Waals surface area (Å²) < 4.78 is 5.31. The Morgan fingerprint density at radius 3 is 2.58 bits per heavy atom. The minimum Gasteiger partial charge on any atom is -0.497 e. The minimum atomic E-state index is -0.775. The lowest BCUT2D eigenvalue weighted by molar-refractivity contribution is -0.142. The first kappa shape index (κ1) is 28.0. The van der Waals surface area contributed by atoms with Gasteiger partial charge in [-0.3, -0.25) is 14.4 Å². The smallest absolute Gasteiger partial charge is 0.255 e. The molecule has 0 aliphatic carbocycles. The molecule has 1 unspecified atom stereocenters. The Bertz CT molecular complexity index is 1420. The lowest BCUT2D eigenvalue weighted by Gasteiger charge is -2.35. The number of rotatable bonds is 9. The van der Waals surface area contributed by atoms with Crippen LogP contribution in [0.2, 0.25) is 0 Å². The zero-order valence-electron chi connectivity index (χ0n) is 23.3. The third-order valence-corrected chi connectivity index (χ3v) is 8.90. The first-order valence-corrected chi connectivity index (χ1v) is 14.5. The van der Waals surface area contributed by atoms with Crippen LogP contribution in [-0.4, -0.2) is 69.3 Å². The van der Waals surface area contributed by atoms with Crippen molar-refractivity contribution in [2.75, 3.05) is 13.7 Å². The van der Waals surface area contributed by atoms with Crippen LogP contribution in [0.4, 0.5) is 0 Å². The maximum Gasteiger partial charge on any atom is 0.255 e. The highest BCUT2D eigenvalue weighted by Gasteiger charge is 2.45. The molecule has 2 amide bonds. The molecule has 2 aliphatic rings. The van der Waals surface area contributed by atoms with Gasteiger partial charge in [0.1, 0.15) is 11.8 Å². The number of β-amino-alcohol motifs (C(OH)–C–C–N with tert-alkyl or cyclic N) is 1. The van der Waals surface area contributed by atoms with Crippen molar-refractivity contribution >= 4 is 28.9 Å². The van der Waals surface area contributed by atoms with Crippen LogP contribution >= 0.6 is 11.3 Å². The number of aryl methyl sites for hydroxylation is 2. The van der Waals surface area contributed by atoms with Crippen LogP contribution in [0.1, 0.15) is 53.9 Å². The predicted molar refractivity (Wildman–Crippen MR) is 153 cm³/mol. The molecule has 2 aromatic carbocycles. The van der Waals surface area contributed by atoms with Gasteiger partial charge in [0.25, 0.3) is 5.91 Å². The van der Waals surface area contributed by atoms with Gasteiger partial charge in [-0.25, -0.2) is 4.98 Å². The zero-order chi connectivity index (χ0) is 28.6.